The molecule has 0 aliphatic heterocycles. The van der Waals surface area contributed by atoms with Gasteiger partial charge < -0.3 is 10.1 Å². The third kappa shape index (κ3) is 4.31. The second kappa shape index (κ2) is 8.75. The number of aryl methyl sites for hydroxylation is 1. The molecule has 5 nitrogen and oxygen atoms in total. The maximum atomic E-state index is 12.5. The second-order valence-corrected chi connectivity index (χ2v) is 8.34. The highest BCUT2D eigenvalue weighted by atomic mass is 32.1. The Hall–Kier alpha value is -1.77. The van der Waals surface area contributed by atoms with E-state index in [0.29, 0.717) is 22.0 Å². The first-order valence-electron chi connectivity index (χ1n) is 8.57. The highest BCUT2D eigenvalue weighted by molar-refractivity contribution is 7.80. The Morgan fingerprint density at radius 2 is 2.08 bits per heavy atom. The van der Waals surface area contributed by atoms with Gasteiger partial charge in [-0.05, 0) is 61.8 Å². The molecule has 1 amide bonds. The summed E-state index contributed by atoms with van der Waals surface area (Å²) < 4.78 is 5.25. The average Bonchev–Trinajstić information content (AvgIpc) is 3.18. The Morgan fingerprint density at radius 3 is 2.81 bits per heavy atom. The molecular formula is C18H20N2O3S3. The van der Waals surface area contributed by atoms with E-state index in [0.717, 1.165) is 31.2 Å². The van der Waals surface area contributed by atoms with Crippen molar-refractivity contribution in [1.82, 2.24) is 5.32 Å². The fourth-order valence-electron chi connectivity index (χ4n) is 2.96. The van der Waals surface area contributed by atoms with Crippen molar-refractivity contribution < 1.29 is 14.3 Å². The molecule has 2 N–H and O–H groups in total. The van der Waals surface area contributed by atoms with Crippen LogP contribution in [0, 0.1) is 0 Å². The first kappa shape index (κ1) is 19.0. The number of hydrogen-bond donors (Lipinski definition) is 2. The fourth-order valence-corrected chi connectivity index (χ4v) is 5.12. The highest BCUT2D eigenvalue weighted by Crippen LogP contribution is 2.38. The molecule has 26 heavy (non-hydrogen) atoms. The molecule has 0 unspecified atom stereocenters. The minimum Gasteiger partial charge on any atom is -0.462 e. The van der Waals surface area contributed by atoms with Crippen molar-refractivity contribution in [2.45, 2.75) is 39.0 Å². The molecule has 2 heterocycles. The van der Waals surface area contributed by atoms with Gasteiger partial charge in [0.25, 0.3) is 5.91 Å². The van der Waals surface area contributed by atoms with Gasteiger partial charge in [0.1, 0.15) is 5.00 Å². The number of esters is 1. The quantitative estimate of drug-likeness (QED) is 0.446. The zero-order valence-corrected chi connectivity index (χ0v) is 16.9. The van der Waals surface area contributed by atoms with Gasteiger partial charge in [0.15, 0.2) is 5.11 Å². The molecular weight excluding hydrogens is 388 g/mol. The van der Waals surface area contributed by atoms with Crippen LogP contribution in [-0.4, -0.2) is 23.6 Å². The van der Waals surface area contributed by atoms with Crippen LogP contribution >= 0.6 is 34.9 Å². The molecule has 2 aromatic rings. The number of fused-ring (bicyclic) bond motifs is 1. The summed E-state index contributed by atoms with van der Waals surface area (Å²) >= 11 is 8.16. The lowest BCUT2D eigenvalue weighted by Gasteiger charge is -2.10. The van der Waals surface area contributed by atoms with E-state index in [1.165, 1.54) is 34.0 Å². The average molecular weight is 409 g/mol. The minimum atomic E-state index is -0.332. The molecule has 0 atom stereocenters. The summed E-state index contributed by atoms with van der Waals surface area (Å²) in [4.78, 5) is 26.5. The van der Waals surface area contributed by atoms with Gasteiger partial charge in [-0.25, -0.2) is 4.79 Å². The summed E-state index contributed by atoms with van der Waals surface area (Å²) in [5.41, 5.74) is 1.64. The van der Waals surface area contributed by atoms with Crippen LogP contribution in [0.1, 0.15) is 56.7 Å². The number of thiocarbonyl (C=S) groups is 1. The van der Waals surface area contributed by atoms with E-state index in [1.807, 2.05) is 11.4 Å². The largest absolute Gasteiger partial charge is 0.462 e. The van der Waals surface area contributed by atoms with E-state index < -0.39 is 0 Å². The lowest BCUT2D eigenvalue weighted by molar-refractivity contribution is 0.0526. The van der Waals surface area contributed by atoms with Crippen LogP contribution in [0.15, 0.2) is 17.5 Å². The molecule has 0 aromatic carbocycles. The number of anilines is 1. The lowest BCUT2D eigenvalue weighted by atomic mass is 10.1. The molecule has 0 spiro atoms. The number of hydrogen-bond acceptors (Lipinski definition) is 6. The Balaban J connectivity index is 1.81. The van der Waals surface area contributed by atoms with E-state index in [9.17, 15) is 9.59 Å². The maximum absolute atomic E-state index is 12.5. The summed E-state index contributed by atoms with van der Waals surface area (Å²) in [6.45, 7) is 2.12. The predicted octanol–water partition coefficient (Wildman–Crippen LogP) is 4.38. The van der Waals surface area contributed by atoms with Crippen LogP contribution in [-0.2, 0) is 17.6 Å². The van der Waals surface area contributed by atoms with Crippen LogP contribution in [0.4, 0.5) is 5.00 Å². The minimum absolute atomic E-state index is 0.186. The number of ether oxygens (including phenoxy) is 1. The monoisotopic (exact) mass is 408 g/mol. The van der Waals surface area contributed by atoms with Crippen LogP contribution in [0.25, 0.3) is 0 Å². The zero-order chi connectivity index (χ0) is 18.5. The molecule has 8 heteroatoms. The number of thiophene rings is 2. The molecule has 0 fully saturated rings. The molecule has 138 valence electrons. The van der Waals surface area contributed by atoms with E-state index in [1.54, 1.807) is 13.0 Å². The molecule has 0 bridgehead atoms. The summed E-state index contributed by atoms with van der Waals surface area (Å²) in [5, 5.41) is 8.39. The molecule has 0 saturated heterocycles. The van der Waals surface area contributed by atoms with Crippen molar-refractivity contribution in [3.8, 4) is 0 Å². The van der Waals surface area contributed by atoms with Gasteiger partial charge in [0, 0.05) is 4.88 Å². The Labute approximate surface area is 165 Å². The van der Waals surface area contributed by atoms with E-state index in [2.05, 4.69) is 10.6 Å². The van der Waals surface area contributed by atoms with Gasteiger partial charge in [-0.2, -0.15) is 0 Å². The van der Waals surface area contributed by atoms with Crippen LogP contribution in [0.2, 0.25) is 0 Å². The highest BCUT2D eigenvalue weighted by Gasteiger charge is 2.26. The first-order valence-corrected chi connectivity index (χ1v) is 10.7. The van der Waals surface area contributed by atoms with E-state index in [-0.39, 0.29) is 17.0 Å². The number of carbonyl (C=O) groups excluding carboxylic acids is 2. The zero-order valence-electron chi connectivity index (χ0n) is 14.4. The van der Waals surface area contributed by atoms with Crippen molar-refractivity contribution in [3.05, 3.63) is 38.4 Å². The van der Waals surface area contributed by atoms with Crippen molar-refractivity contribution in [3.63, 3.8) is 0 Å². The first-order chi connectivity index (χ1) is 12.6. The predicted molar refractivity (Wildman–Crippen MR) is 110 cm³/mol. The molecule has 0 radical (unpaired) electrons. The summed E-state index contributed by atoms with van der Waals surface area (Å²) in [6.07, 6.45) is 5.18. The molecule has 2 aromatic heterocycles. The maximum Gasteiger partial charge on any atom is 0.341 e. The summed E-state index contributed by atoms with van der Waals surface area (Å²) in [6, 6.07) is 3.55. The topological polar surface area (TPSA) is 67.4 Å². The third-order valence-electron chi connectivity index (χ3n) is 4.10. The number of nitrogens with one attached hydrogen (secondary N) is 2. The van der Waals surface area contributed by atoms with Crippen molar-refractivity contribution in [2.24, 2.45) is 0 Å². The molecule has 1 aliphatic carbocycles. The van der Waals surface area contributed by atoms with E-state index in [4.69, 9.17) is 17.0 Å². The normalized spacial score (nSPS) is 13.4. The number of amides is 1. The van der Waals surface area contributed by atoms with Crippen LogP contribution < -0.4 is 10.6 Å². The van der Waals surface area contributed by atoms with Gasteiger partial charge in [-0.3, -0.25) is 10.1 Å². The molecule has 1 aliphatic rings. The SMILES string of the molecule is CCOC(=O)c1c(NC(=S)NC(=O)c2cccs2)sc2c1CCCCC2. The summed E-state index contributed by atoms with van der Waals surface area (Å²) in [7, 11) is 0. The van der Waals surface area contributed by atoms with Gasteiger partial charge in [0.05, 0.1) is 17.0 Å². The van der Waals surface area contributed by atoms with Gasteiger partial charge >= 0.3 is 5.97 Å². The van der Waals surface area contributed by atoms with Crippen molar-refractivity contribution in [1.29, 1.82) is 0 Å². The van der Waals surface area contributed by atoms with Crippen LogP contribution in [0.5, 0.6) is 0 Å². The second-order valence-electron chi connectivity index (χ2n) is 5.87. The smallest absolute Gasteiger partial charge is 0.341 e. The standard InChI is InChI=1S/C18H20N2O3S3/c1-2-23-17(22)14-11-7-4-3-5-8-12(11)26-16(14)20-18(24)19-15(21)13-9-6-10-25-13/h6,9-10H,2-5,7-8H2,1H3,(H2,19,20,21,24). The Bertz CT molecular complexity index is 812. The Kier molecular flexibility index (Phi) is 6.39. The van der Waals surface area contributed by atoms with Gasteiger partial charge in [0.2, 0.25) is 0 Å². The van der Waals surface area contributed by atoms with Crippen molar-refractivity contribution in [2.75, 3.05) is 11.9 Å². The fraction of sp³-hybridized carbons (Fsp3) is 0.389. The van der Waals surface area contributed by atoms with Gasteiger partial charge in [-0.15, -0.1) is 22.7 Å². The lowest BCUT2D eigenvalue weighted by Crippen LogP contribution is -2.33. The van der Waals surface area contributed by atoms with Crippen molar-refractivity contribution >= 4 is 56.9 Å². The van der Waals surface area contributed by atoms with Gasteiger partial charge in [-0.1, -0.05) is 12.5 Å². The number of carbonyl (C=O) groups is 2. The third-order valence-corrected chi connectivity index (χ3v) is 6.38. The molecule has 0 saturated carbocycles. The number of rotatable bonds is 4. The molecule has 3 rings (SSSR count). The Morgan fingerprint density at radius 1 is 1.27 bits per heavy atom. The van der Waals surface area contributed by atoms with Crippen LogP contribution in [0.3, 0.4) is 0 Å². The van der Waals surface area contributed by atoms with E-state index >= 15 is 0 Å². The summed E-state index contributed by atoms with van der Waals surface area (Å²) in [5.74, 6) is -0.588.